The minimum absolute atomic E-state index is 0.0129. The molecular weight excluding hydrogens is 287 g/mol. The second-order valence-electron chi connectivity index (χ2n) is 2.13. The topological polar surface area (TPSA) is 104 Å². The third-order valence-corrected chi connectivity index (χ3v) is 2.08. The van der Waals surface area contributed by atoms with Crippen LogP contribution in [0.1, 0.15) is 10.5 Å². The van der Waals surface area contributed by atoms with Crippen LogP contribution >= 0.6 is 22.6 Å². The van der Waals surface area contributed by atoms with Crippen LogP contribution in [0, 0.1) is 3.70 Å². The van der Waals surface area contributed by atoms with Crippen LogP contribution in [0.25, 0.3) is 0 Å². The van der Waals surface area contributed by atoms with Crippen LogP contribution in [0.3, 0.4) is 0 Å². The number of hydrogen-bond acceptors (Lipinski definition) is 6. The third kappa shape index (κ3) is 1.97. The number of nitrogen functional groups attached to an aromatic ring is 2. The van der Waals surface area contributed by atoms with Gasteiger partial charge in [0.15, 0.2) is 17.3 Å². The maximum absolute atomic E-state index is 11.0. The van der Waals surface area contributed by atoms with E-state index < -0.39 is 5.97 Å². The van der Waals surface area contributed by atoms with Crippen LogP contribution in [0.2, 0.25) is 0 Å². The van der Waals surface area contributed by atoms with Crippen molar-refractivity contribution in [1.29, 1.82) is 0 Å². The van der Waals surface area contributed by atoms with Crippen molar-refractivity contribution in [3.63, 3.8) is 0 Å². The zero-order valence-corrected chi connectivity index (χ0v) is 8.90. The zero-order chi connectivity index (χ0) is 10.0. The predicted molar refractivity (Wildman–Crippen MR) is 54.9 cm³/mol. The maximum Gasteiger partial charge on any atom is 0.360 e. The normalized spacial score (nSPS) is 9.69. The van der Waals surface area contributed by atoms with Crippen LogP contribution in [-0.4, -0.2) is 23.0 Å². The van der Waals surface area contributed by atoms with Gasteiger partial charge < -0.3 is 16.2 Å². The molecule has 6 nitrogen and oxygen atoms in total. The Labute approximate surface area is 87.8 Å². The number of anilines is 2. The van der Waals surface area contributed by atoms with E-state index in [1.165, 1.54) is 7.11 Å². The first-order chi connectivity index (χ1) is 6.06. The second-order valence-corrected chi connectivity index (χ2v) is 3.15. The number of nitrogens with zero attached hydrogens (tertiary/aromatic N) is 2. The average molecular weight is 294 g/mol. The number of methoxy groups -OCH3 is 1. The molecule has 0 saturated carbocycles. The van der Waals surface area contributed by atoms with E-state index in [0.29, 0.717) is 3.70 Å². The standard InChI is InChI=1S/C6H7IN4O2/c1-13-6(12)2-4(8)11-5(9)3(7)10-2/h1H3,(H4,8,9,11). The van der Waals surface area contributed by atoms with Gasteiger partial charge in [0.2, 0.25) is 0 Å². The van der Waals surface area contributed by atoms with Crippen molar-refractivity contribution in [2.24, 2.45) is 0 Å². The molecule has 1 heterocycles. The Hall–Kier alpha value is -1.12. The molecular formula is C6H7IN4O2. The fourth-order valence-electron chi connectivity index (χ4n) is 0.688. The molecule has 0 spiro atoms. The third-order valence-electron chi connectivity index (χ3n) is 1.28. The highest BCUT2D eigenvalue weighted by Gasteiger charge is 2.15. The lowest BCUT2D eigenvalue weighted by Gasteiger charge is -2.03. The fourth-order valence-corrected chi connectivity index (χ4v) is 1.05. The first kappa shape index (κ1) is 9.96. The Balaban J connectivity index is 3.23. The van der Waals surface area contributed by atoms with Gasteiger partial charge in [-0.2, -0.15) is 0 Å². The predicted octanol–water partition coefficient (Wildman–Crippen LogP) is 0.0322. The largest absolute Gasteiger partial charge is 0.464 e. The molecule has 0 aliphatic rings. The van der Waals surface area contributed by atoms with E-state index in [2.05, 4.69) is 14.7 Å². The van der Waals surface area contributed by atoms with Gasteiger partial charge in [0.05, 0.1) is 7.11 Å². The van der Waals surface area contributed by atoms with Gasteiger partial charge in [0.25, 0.3) is 0 Å². The van der Waals surface area contributed by atoms with Gasteiger partial charge in [-0.3, -0.25) is 0 Å². The summed E-state index contributed by atoms with van der Waals surface area (Å²) in [6, 6.07) is 0. The van der Waals surface area contributed by atoms with Crippen molar-refractivity contribution in [2.75, 3.05) is 18.6 Å². The SMILES string of the molecule is COC(=O)c1nc(I)c(N)nc1N. The molecule has 7 heteroatoms. The molecule has 1 aromatic rings. The second kappa shape index (κ2) is 3.73. The lowest BCUT2D eigenvalue weighted by molar-refractivity contribution is 0.0595. The van der Waals surface area contributed by atoms with Gasteiger partial charge in [0, 0.05) is 0 Å². The first-order valence-electron chi connectivity index (χ1n) is 3.23. The lowest BCUT2D eigenvalue weighted by Crippen LogP contribution is -2.13. The molecule has 0 unspecified atom stereocenters. The summed E-state index contributed by atoms with van der Waals surface area (Å²) in [7, 11) is 1.24. The Morgan fingerprint density at radius 1 is 1.38 bits per heavy atom. The number of aromatic nitrogens is 2. The van der Waals surface area contributed by atoms with Crippen molar-refractivity contribution < 1.29 is 9.53 Å². The van der Waals surface area contributed by atoms with E-state index in [1.54, 1.807) is 0 Å². The van der Waals surface area contributed by atoms with Crippen molar-refractivity contribution in [1.82, 2.24) is 9.97 Å². The minimum atomic E-state index is -0.622. The Morgan fingerprint density at radius 2 is 2.00 bits per heavy atom. The summed E-state index contributed by atoms with van der Waals surface area (Å²) in [5.41, 5.74) is 10.8. The summed E-state index contributed by atoms with van der Waals surface area (Å²) < 4.78 is 4.87. The van der Waals surface area contributed by atoms with Gasteiger partial charge in [-0.1, -0.05) is 0 Å². The monoisotopic (exact) mass is 294 g/mol. The Bertz CT molecular complexity index is 355. The van der Waals surface area contributed by atoms with Gasteiger partial charge in [-0.05, 0) is 22.6 Å². The fraction of sp³-hybridized carbons (Fsp3) is 0.167. The Kier molecular flexibility index (Phi) is 2.86. The summed E-state index contributed by atoms with van der Waals surface area (Å²) in [6.45, 7) is 0. The molecule has 1 aromatic heterocycles. The maximum atomic E-state index is 11.0. The van der Waals surface area contributed by atoms with Crippen LogP contribution in [0.15, 0.2) is 0 Å². The Morgan fingerprint density at radius 3 is 2.54 bits per heavy atom. The van der Waals surface area contributed by atoms with Crippen LogP contribution < -0.4 is 11.5 Å². The molecule has 1 rings (SSSR count). The summed E-state index contributed by atoms with van der Waals surface area (Å²) in [4.78, 5) is 18.6. The smallest absolute Gasteiger partial charge is 0.360 e. The molecule has 13 heavy (non-hydrogen) atoms. The van der Waals surface area contributed by atoms with Crippen LogP contribution in [0.5, 0.6) is 0 Å². The van der Waals surface area contributed by atoms with E-state index in [9.17, 15) is 4.79 Å². The summed E-state index contributed by atoms with van der Waals surface area (Å²) >= 11 is 1.85. The van der Waals surface area contributed by atoms with E-state index in [1.807, 2.05) is 22.6 Å². The lowest BCUT2D eigenvalue weighted by atomic mass is 10.4. The van der Waals surface area contributed by atoms with Crippen LogP contribution in [0.4, 0.5) is 11.6 Å². The molecule has 0 amide bonds. The van der Waals surface area contributed by atoms with Crippen molar-refractivity contribution in [3.8, 4) is 0 Å². The van der Waals surface area contributed by atoms with Gasteiger partial charge in [-0.15, -0.1) is 0 Å². The minimum Gasteiger partial charge on any atom is -0.464 e. The molecule has 0 atom stereocenters. The number of halogens is 1. The molecule has 70 valence electrons. The molecule has 0 fully saturated rings. The summed E-state index contributed by atoms with van der Waals surface area (Å²) in [5, 5.41) is 0. The van der Waals surface area contributed by atoms with Crippen molar-refractivity contribution in [2.45, 2.75) is 0 Å². The molecule has 0 aromatic carbocycles. The first-order valence-corrected chi connectivity index (χ1v) is 4.31. The highest BCUT2D eigenvalue weighted by atomic mass is 127. The number of carbonyl (C=O) groups excluding carboxylic acids is 1. The van der Waals surface area contributed by atoms with Gasteiger partial charge >= 0.3 is 5.97 Å². The highest BCUT2D eigenvalue weighted by Crippen LogP contribution is 2.14. The van der Waals surface area contributed by atoms with E-state index in [0.717, 1.165) is 0 Å². The van der Waals surface area contributed by atoms with Gasteiger partial charge in [0.1, 0.15) is 3.70 Å². The molecule has 0 radical (unpaired) electrons. The molecule has 0 aliphatic carbocycles. The molecule has 0 bridgehead atoms. The summed E-state index contributed by atoms with van der Waals surface area (Å²) in [6.07, 6.45) is 0. The van der Waals surface area contributed by atoms with Crippen molar-refractivity contribution >= 4 is 40.2 Å². The highest BCUT2D eigenvalue weighted by molar-refractivity contribution is 14.1. The number of nitrogens with two attached hydrogens (primary N) is 2. The number of carbonyl (C=O) groups is 1. The molecule has 0 aliphatic heterocycles. The van der Waals surface area contributed by atoms with E-state index in [-0.39, 0.29) is 17.3 Å². The van der Waals surface area contributed by atoms with E-state index in [4.69, 9.17) is 11.5 Å². The molecule has 0 saturated heterocycles. The van der Waals surface area contributed by atoms with E-state index >= 15 is 0 Å². The van der Waals surface area contributed by atoms with Crippen molar-refractivity contribution in [3.05, 3.63) is 9.39 Å². The average Bonchev–Trinajstić information content (AvgIpc) is 2.10. The number of hydrogen-bond donors (Lipinski definition) is 2. The molecule has 4 N–H and O–H groups in total. The number of esters is 1. The zero-order valence-electron chi connectivity index (χ0n) is 6.74. The number of ether oxygens (including phenoxy) is 1. The van der Waals surface area contributed by atoms with Gasteiger partial charge in [-0.25, -0.2) is 14.8 Å². The number of rotatable bonds is 1. The summed E-state index contributed by atoms with van der Waals surface area (Å²) in [5.74, 6) is -0.446. The van der Waals surface area contributed by atoms with Crippen LogP contribution in [-0.2, 0) is 4.74 Å². The quantitative estimate of drug-likeness (QED) is 0.559.